The van der Waals surface area contributed by atoms with Crippen molar-refractivity contribution < 1.29 is 9.47 Å². The second-order valence-corrected chi connectivity index (χ2v) is 4.90. The van der Waals surface area contributed by atoms with Gasteiger partial charge in [-0.05, 0) is 25.3 Å². The summed E-state index contributed by atoms with van der Waals surface area (Å²) in [5.41, 5.74) is 0.854. The van der Waals surface area contributed by atoms with Crippen molar-refractivity contribution in [1.29, 1.82) is 0 Å². The molecule has 1 saturated heterocycles. The number of hydrogen-bond donors (Lipinski definition) is 0. The molecule has 1 aromatic rings. The Kier molecular flexibility index (Phi) is 5.04. The number of pyridine rings is 1. The Morgan fingerprint density at radius 2 is 2.29 bits per heavy atom. The lowest BCUT2D eigenvalue weighted by molar-refractivity contribution is -0.0447. The molecule has 0 spiro atoms. The van der Waals surface area contributed by atoms with Crippen LogP contribution in [-0.4, -0.2) is 24.3 Å². The van der Waals surface area contributed by atoms with Gasteiger partial charge in [-0.2, -0.15) is 0 Å². The molecular formula is C12H15Cl2NO2. The molecule has 3 nitrogen and oxygen atoms in total. The van der Waals surface area contributed by atoms with Crippen molar-refractivity contribution in [2.45, 2.75) is 32.0 Å². The fourth-order valence-electron chi connectivity index (χ4n) is 1.78. The molecule has 0 aliphatic carbocycles. The molecule has 17 heavy (non-hydrogen) atoms. The summed E-state index contributed by atoms with van der Waals surface area (Å²) in [4.78, 5) is 3.98. The lowest BCUT2D eigenvalue weighted by Crippen LogP contribution is -2.24. The van der Waals surface area contributed by atoms with Gasteiger partial charge in [0.15, 0.2) is 0 Å². The van der Waals surface area contributed by atoms with Gasteiger partial charge in [0, 0.05) is 18.4 Å². The van der Waals surface area contributed by atoms with Crippen LogP contribution in [0.4, 0.5) is 0 Å². The zero-order valence-corrected chi connectivity index (χ0v) is 11.0. The van der Waals surface area contributed by atoms with E-state index in [-0.39, 0.29) is 6.10 Å². The first-order valence-electron chi connectivity index (χ1n) is 5.75. The Morgan fingerprint density at radius 3 is 3.00 bits per heavy atom. The third-order valence-corrected chi connectivity index (χ3v) is 3.29. The molecule has 1 aliphatic rings. The molecular weight excluding hydrogens is 261 g/mol. The van der Waals surface area contributed by atoms with E-state index in [4.69, 9.17) is 32.7 Å². The van der Waals surface area contributed by atoms with Gasteiger partial charge in [0.2, 0.25) is 0 Å². The minimum atomic E-state index is 0.225. The topological polar surface area (TPSA) is 31.4 Å². The average Bonchev–Trinajstić information content (AvgIpc) is 2.33. The van der Waals surface area contributed by atoms with Crippen molar-refractivity contribution in [2.24, 2.45) is 0 Å². The van der Waals surface area contributed by atoms with Crippen LogP contribution in [0.1, 0.15) is 24.8 Å². The summed E-state index contributed by atoms with van der Waals surface area (Å²) >= 11 is 11.7. The maximum absolute atomic E-state index is 6.02. The Bertz CT molecular complexity index is 368. The van der Waals surface area contributed by atoms with Gasteiger partial charge < -0.3 is 9.47 Å². The van der Waals surface area contributed by atoms with Gasteiger partial charge in [-0.3, -0.25) is 0 Å². The fourth-order valence-corrected chi connectivity index (χ4v) is 2.20. The van der Waals surface area contributed by atoms with Crippen LogP contribution in [0.2, 0.25) is 10.2 Å². The lowest BCUT2D eigenvalue weighted by Gasteiger charge is -2.22. The zero-order chi connectivity index (χ0) is 12.1. The predicted octanol–water partition coefficient (Wildman–Crippen LogP) is 3.47. The molecule has 1 aliphatic heterocycles. The molecule has 2 rings (SSSR count). The molecule has 2 heterocycles. The van der Waals surface area contributed by atoms with Crippen LogP contribution in [0, 0.1) is 0 Å². The van der Waals surface area contributed by atoms with Gasteiger partial charge >= 0.3 is 0 Å². The number of aromatic nitrogens is 1. The Balaban J connectivity index is 1.77. The van der Waals surface area contributed by atoms with Crippen LogP contribution < -0.4 is 0 Å². The van der Waals surface area contributed by atoms with Crippen LogP contribution in [-0.2, 0) is 16.1 Å². The second-order valence-electron chi connectivity index (χ2n) is 4.10. The van der Waals surface area contributed by atoms with Gasteiger partial charge in [0.05, 0.1) is 24.3 Å². The quantitative estimate of drug-likeness (QED) is 0.789. The van der Waals surface area contributed by atoms with Crippen molar-refractivity contribution in [3.05, 3.63) is 28.0 Å². The minimum absolute atomic E-state index is 0.225. The molecule has 1 fully saturated rings. The highest BCUT2D eigenvalue weighted by Gasteiger charge is 2.14. The first kappa shape index (κ1) is 13.1. The van der Waals surface area contributed by atoms with Gasteiger partial charge in [0.25, 0.3) is 0 Å². The Hall–Kier alpha value is -0.350. The highest BCUT2D eigenvalue weighted by Crippen LogP contribution is 2.20. The highest BCUT2D eigenvalue weighted by atomic mass is 35.5. The summed E-state index contributed by atoms with van der Waals surface area (Å²) < 4.78 is 11.2. The maximum Gasteiger partial charge on any atom is 0.130 e. The third kappa shape index (κ3) is 4.11. The van der Waals surface area contributed by atoms with Crippen LogP contribution in [0.3, 0.4) is 0 Å². The lowest BCUT2D eigenvalue weighted by atomic mass is 10.1. The van der Waals surface area contributed by atoms with E-state index in [1.165, 1.54) is 6.42 Å². The molecule has 0 aromatic carbocycles. The van der Waals surface area contributed by atoms with Crippen molar-refractivity contribution in [2.75, 3.05) is 13.2 Å². The summed E-state index contributed by atoms with van der Waals surface area (Å²) in [5.74, 6) is 0. The largest absolute Gasteiger partial charge is 0.376 e. The first-order valence-corrected chi connectivity index (χ1v) is 6.50. The number of hydrogen-bond acceptors (Lipinski definition) is 3. The number of rotatable bonds is 4. The van der Waals surface area contributed by atoms with E-state index >= 15 is 0 Å². The Labute approximate surface area is 111 Å². The number of nitrogens with zero attached hydrogens (tertiary/aromatic N) is 1. The summed E-state index contributed by atoms with van der Waals surface area (Å²) in [6, 6.07) is 1.62. The average molecular weight is 276 g/mol. The summed E-state index contributed by atoms with van der Waals surface area (Å²) in [6.45, 7) is 1.90. The molecule has 5 heteroatoms. The first-order chi connectivity index (χ1) is 8.25. The van der Waals surface area contributed by atoms with Crippen LogP contribution in [0.15, 0.2) is 12.3 Å². The van der Waals surface area contributed by atoms with Crippen molar-refractivity contribution in [1.82, 2.24) is 4.98 Å². The SMILES string of the molecule is Clc1cc(Cl)c(COCC2CCCCO2)cn1. The van der Waals surface area contributed by atoms with E-state index in [2.05, 4.69) is 4.98 Å². The van der Waals surface area contributed by atoms with Crippen LogP contribution in [0.5, 0.6) is 0 Å². The fraction of sp³-hybridized carbons (Fsp3) is 0.583. The molecule has 94 valence electrons. The smallest absolute Gasteiger partial charge is 0.130 e. The maximum atomic E-state index is 6.02. The van der Waals surface area contributed by atoms with E-state index in [0.717, 1.165) is 25.0 Å². The normalized spacial score (nSPS) is 20.5. The second kappa shape index (κ2) is 6.55. The molecule has 0 amide bonds. The summed E-state index contributed by atoms with van der Waals surface area (Å²) in [6.07, 6.45) is 5.32. The number of halogens is 2. The summed E-state index contributed by atoms with van der Waals surface area (Å²) in [7, 11) is 0. The van der Waals surface area contributed by atoms with Gasteiger partial charge in [0.1, 0.15) is 5.15 Å². The summed E-state index contributed by atoms with van der Waals surface area (Å²) in [5, 5.41) is 0.990. The molecule has 1 aromatic heterocycles. The molecule has 0 saturated carbocycles. The zero-order valence-electron chi connectivity index (χ0n) is 9.49. The van der Waals surface area contributed by atoms with Crippen molar-refractivity contribution in [3.8, 4) is 0 Å². The third-order valence-electron chi connectivity index (χ3n) is 2.73. The van der Waals surface area contributed by atoms with Crippen molar-refractivity contribution >= 4 is 23.2 Å². The van der Waals surface area contributed by atoms with E-state index in [0.29, 0.717) is 23.4 Å². The Morgan fingerprint density at radius 1 is 1.41 bits per heavy atom. The molecule has 1 unspecified atom stereocenters. The predicted molar refractivity (Wildman–Crippen MR) is 67.5 cm³/mol. The monoisotopic (exact) mass is 275 g/mol. The highest BCUT2D eigenvalue weighted by molar-refractivity contribution is 6.34. The van der Waals surface area contributed by atoms with E-state index in [1.54, 1.807) is 12.3 Å². The number of ether oxygens (including phenoxy) is 2. The molecule has 0 bridgehead atoms. The molecule has 1 atom stereocenters. The van der Waals surface area contributed by atoms with E-state index in [9.17, 15) is 0 Å². The van der Waals surface area contributed by atoms with E-state index < -0.39 is 0 Å². The minimum Gasteiger partial charge on any atom is -0.376 e. The molecule has 0 N–H and O–H groups in total. The van der Waals surface area contributed by atoms with E-state index in [1.807, 2.05) is 0 Å². The van der Waals surface area contributed by atoms with Crippen LogP contribution in [0.25, 0.3) is 0 Å². The van der Waals surface area contributed by atoms with Crippen LogP contribution >= 0.6 is 23.2 Å². The van der Waals surface area contributed by atoms with Gasteiger partial charge in [-0.25, -0.2) is 4.98 Å². The van der Waals surface area contributed by atoms with Gasteiger partial charge in [-0.15, -0.1) is 0 Å². The van der Waals surface area contributed by atoms with Gasteiger partial charge in [-0.1, -0.05) is 23.2 Å². The van der Waals surface area contributed by atoms with Crippen molar-refractivity contribution in [3.63, 3.8) is 0 Å². The molecule has 0 radical (unpaired) electrons. The standard InChI is InChI=1S/C12H15Cl2NO2/c13-11-5-12(14)15-6-9(11)7-16-8-10-3-1-2-4-17-10/h5-6,10H,1-4,7-8H2.